The van der Waals surface area contributed by atoms with E-state index in [1.165, 1.54) is 7.11 Å². The summed E-state index contributed by atoms with van der Waals surface area (Å²) >= 11 is 17.5. The molecule has 0 aliphatic rings. The van der Waals surface area contributed by atoms with Crippen LogP contribution in [0.5, 0.6) is 0 Å². The summed E-state index contributed by atoms with van der Waals surface area (Å²) in [4.78, 5) is 11.9. The van der Waals surface area contributed by atoms with Gasteiger partial charge in [-0.25, -0.2) is 0 Å². The van der Waals surface area contributed by atoms with Gasteiger partial charge in [0.25, 0.3) is 5.91 Å². The van der Waals surface area contributed by atoms with Crippen molar-refractivity contribution in [3.8, 4) is 0 Å². The summed E-state index contributed by atoms with van der Waals surface area (Å²) in [7, 11) is 1.54. The van der Waals surface area contributed by atoms with Crippen LogP contribution >= 0.6 is 34.8 Å². The second-order valence-electron chi connectivity index (χ2n) is 3.38. The van der Waals surface area contributed by atoms with E-state index in [0.29, 0.717) is 16.7 Å². The van der Waals surface area contributed by atoms with Crippen molar-refractivity contribution in [2.45, 2.75) is 6.04 Å². The normalized spacial score (nSPS) is 12.2. The first-order valence-electron chi connectivity index (χ1n) is 4.90. The molecule has 1 rings (SSSR count). The molecule has 0 aliphatic heterocycles. The molecule has 0 spiro atoms. The first kappa shape index (κ1) is 14.6. The lowest BCUT2D eigenvalue weighted by atomic mass is 10.2. The highest BCUT2D eigenvalue weighted by Crippen LogP contribution is 2.24. The van der Waals surface area contributed by atoms with Gasteiger partial charge in [-0.1, -0.05) is 29.3 Å². The Morgan fingerprint density at radius 1 is 1.41 bits per heavy atom. The van der Waals surface area contributed by atoms with Crippen molar-refractivity contribution in [1.29, 1.82) is 0 Å². The number of amides is 1. The third-order valence-electron chi connectivity index (χ3n) is 2.08. The number of nitrogens with one attached hydrogen (secondary N) is 1. The van der Waals surface area contributed by atoms with E-state index in [0.717, 1.165) is 0 Å². The Hall–Kier alpha value is -0.480. The number of benzene rings is 1. The van der Waals surface area contributed by atoms with Crippen molar-refractivity contribution in [1.82, 2.24) is 5.32 Å². The zero-order valence-corrected chi connectivity index (χ0v) is 11.4. The number of alkyl halides is 1. The molecule has 1 atom stereocenters. The summed E-state index contributed by atoms with van der Waals surface area (Å²) < 4.78 is 4.93. The van der Waals surface area contributed by atoms with Gasteiger partial charge in [-0.3, -0.25) is 4.79 Å². The van der Waals surface area contributed by atoms with E-state index in [1.807, 2.05) is 0 Å². The molecule has 1 aromatic rings. The van der Waals surface area contributed by atoms with Gasteiger partial charge in [0.2, 0.25) is 0 Å². The maximum absolute atomic E-state index is 11.9. The molecule has 94 valence electrons. The summed E-state index contributed by atoms with van der Waals surface area (Å²) in [6, 6.07) is 4.61. The second-order valence-corrected chi connectivity index (χ2v) is 4.50. The van der Waals surface area contributed by atoms with E-state index in [2.05, 4.69) is 5.32 Å². The van der Waals surface area contributed by atoms with Gasteiger partial charge >= 0.3 is 0 Å². The molecule has 0 saturated heterocycles. The largest absolute Gasteiger partial charge is 0.383 e. The molecule has 17 heavy (non-hydrogen) atoms. The van der Waals surface area contributed by atoms with Crippen LogP contribution in [0.3, 0.4) is 0 Å². The van der Waals surface area contributed by atoms with Crippen LogP contribution in [0.4, 0.5) is 0 Å². The molecule has 6 heteroatoms. The fourth-order valence-corrected chi connectivity index (χ4v) is 2.03. The van der Waals surface area contributed by atoms with Crippen LogP contribution < -0.4 is 5.32 Å². The minimum Gasteiger partial charge on any atom is -0.383 e. The van der Waals surface area contributed by atoms with Gasteiger partial charge in [-0.05, 0) is 12.1 Å². The van der Waals surface area contributed by atoms with E-state index in [1.54, 1.807) is 18.2 Å². The van der Waals surface area contributed by atoms with E-state index in [4.69, 9.17) is 39.5 Å². The number of halogens is 3. The zero-order valence-electron chi connectivity index (χ0n) is 9.17. The van der Waals surface area contributed by atoms with E-state index in [9.17, 15) is 4.79 Å². The Morgan fingerprint density at radius 2 is 2.00 bits per heavy atom. The van der Waals surface area contributed by atoms with Crippen LogP contribution in [0, 0.1) is 0 Å². The lowest BCUT2D eigenvalue weighted by Crippen LogP contribution is -2.39. The number of hydrogen-bond donors (Lipinski definition) is 1. The SMILES string of the molecule is COCC(CCl)NC(=O)c1c(Cl)cccc1Cl. The lowest BCUT2D eigenvalue weighted by molar-refractivity contribution is 0.0907. The highest BCUT2D eigenvalue weighted by Gasteiger charge is 2.17. The summed E-state index contributed by atoms with van der Waals surface area (Å²) in [6.45, 7) is 0.331. The molecular weight excluding hydrogens is 284 g/mol. The number of carbonyl (C=O) groups is 1. The standard InChI is InChI=1S/C11H12Cl3NO2/c1-17-6-7(5-12)15-11(16)10-8(13)3-2-4-9(10)14/h2-4,7H,5-6H2,1H3,(H,15,16). The Bertz CT molecular complexity index is 378. The van der Waals surface area contributed by atoms with Gasteiger partial charge in [0, 0.05) is 13.0 Å². The van der Waals surface area contributed by atoms with Crippen molar-refractivity contribution in [2.24, 2.45) is 0 Å². The van der Waals surface area contributed by atoms with Crippen LogP contribution in [0.15, 0.2) is 18.2 Å². The quantitative estimate of drug-likeness (QED) is 0.848. The van der Waals surface area contributed by atoms with Gasteiger partial charge in [-0.15, -0.1) is 11.6 Å². The number of carbonyl (C=O) groups excluding carboxylic acids is 1. The number of methoxy groups -OCH3 is 1. The summed E-state index contributed by atoms with van der Waals surface area (Å²) in [6.07, 6.45) is 0. The molecule has 1 N–H and O–H groups in total. The number of rotatable bonds is 5. The van der Waals surface area contributed by atoms with Gasteiger partial charge in [0.05, 0.1) is 28.3 Å². The fraction of sp³-hybridized carbons (Fsp3) is 0.364. The topological polar surface area (TPSA) is 38.3 Å². The van der Waals surface area contributed by atoms with Gasteiger partial charge in [-0.2, -0.15) is 0 Å². The molecule has 0 heterocycles. The first-order valence-corrected chi connectivity index (χ1v) is 6.19. The van der Waals surface area contributed by atoms with Crippen LogP contribution in [0.2, 0.25) is 10.0 Å². The molecule has 1 amide bonds. The van der Waals surface area contributed by atoms with E-state index in [-0.39, 0.29) is 23.4 Å². The molecule has 0 saturated carbocycles. The highest BCUT2D eigenvalue weighted by molar-refractivity contribution is 6.39. The van der Waals surface area contributed by atoms with Crippen molar-refractivity contribution in [3.05, 3.63) is 33.8 Å². The average molecular weight is 297 g/mol. The molecule has 0 bridgehead atoms. The molecule has 1 aromatic carbocycles. The monoisotopic (exact) mass is 295 g/mol. The van der Waals surface area contributed by atoms with Gasteiger partial charge in [0.15, 0.2) is 0 Å². The molecular formula is C11H12Cl3NO2. The molecule has 0 fully saturated rings. The number of hydrogen-bond acceptors (Lipinski definition) is 2. The van der Waals surface area contributed by atoms with Crippen molar-refractivity contribution >= 4 is 40.7 Å². The Kier molecular flexibility index (Phi) is 6.06. The summed E-state index contributed by atoms with van der Waals surface area (Å²) in [5, 5.41) is 3.31. The minimum atomic E-state index is -0.358. The van der Waals surface area contributed by atoms with E-state index < -0.39 is 0 Å². The fourth-order valence-electron chi connectivity index (χ4n) is 1.30. The van der Waals surface area contributed by atoms with Gasteiger partial charge in [0.1, 0.15) is 0 Å². The predicted octanol–water partition coefficient (Wildman–Crippen LogP) is 2.98. The summed E-state index contributed by atoms with van der Waals surface area (Å²) in [5.74, 6) is -0.106. The summed E-state index contributed by atoms with van der Waals surface area (Å²) in [5.41, 5.74) is 0.252. The van der Waals surface area contributed by atoms with Crippen molar-refractivity contribution in [3.63, 3.8) is 0 Å². The molecule has 0 aliphatic carbocycles. The molecule has 3 nitrogen and oxygen atoms in total. The Morgan fingerprint density at radius 3 is 2.47 bits per heavy atom. The molecule has 0 radical (unpaired) electrons. The van der Waals surface area contributed by atoms with Crippen LogP contribution in [0.25, 0.3) is 0 Å². The smallest absolute Gasteiger partial charge is 0.254 e. The second kappa shape index (κ2) is 7.07. The Balaban J connectivity index is 2.82. The van der Waals surface area contributed by atoms with Crippen LogP contribution in [-0.4, -0.2) is 31.5 Å². The minimum absolute atomic E-state index is 0.252. The van der Waals surface area contributed by atoms with E-state index >= 15 is 0 Å². The predicted molar refractivity (Wildman–Crippen MR) is 70.3 cm³/mol. The molecule has 0 aromatic heterocycles. The maximum atomic E-state index is 11.9. The van der Waals surface area contributed by atoms with Gasteiger partial charge < -0.3 is 10.1 Å². The highest BCUT2D eigenvalue weighted by atomic mass is 35.5. The first-order chi connectivity index (χ1) is 8.10. The Labute approximate surface area is 115 Å². The maximum Gasteiger partial charge on any atom is 0.254 e. The van der Waals surface area contributed by atoms with Crippen molar-refractivity contribution in [2.75, 3.05) is 19.6 Å². The van der Waals surface area contributed by atoms with Crippen LogP contribution in [0.1, 0.15) is 10.4 Å². The van der Waals surface area contributed by atoms with Crippen molar-refractivity contribution < 1.29 is 9.53 Å². The third kappa shape index (κ3) is 4.03. The lowest BCUT2D eigenvalue weighted by Gasteiger charge is -2.16. The molecule has 1 unspecified atom stereocenters. The zero-order chi connectivity index (χ0) is 12.8. The average Bonchev–Trinajstić information content (AvgIpc) is 2.28. The third-order valence-corrected chi connectivity index (χ3v) is 3.08. The van der Waals surface area contributed by atoms with Crippen LogP contribution in [-0.2, 0) is 4.74 Å². The number of ether oxygens (including phenoxy) is 1.